The molecule has 0 bridgehead atoms. The first-order valence-electron chi connectivity index (χ1n) is 8.67. The van der Waals surface area contributed by atoms with E-state index in [1.54, 1.807) is 42.1 Å². The fourth-order valence-electron chi connectivity index (χ4n) is 2.85. The van der Waals surface area contributed by atoms with Crippen LogP contribution in [0.5, 0.6) is 0 Å². The summed E-state index contributed by atoms with van der Waals surface area (Å²) < 4.78 is 8.39. The largest absolute Gasteiger partial charge is 0.454 e. The molecule has 1 aromatic carbocycles. The van der Waals surface area contributed by atoms with Gasteiger partial charge in [0.2, 0.25) is 0 Å². The van der Waals surface area contributed by atoms with Gasteiger partial charge in [-0.15, -0.1) is 11.3 Å². The maximum absolute atomic E-state index is 12.7. The molecule has 0 spiro atoms. The van der Waals surface area contributed by atoms with Gasteiger partial charge >= 0.3 is 5.97 Å². The van der Waals surface area contributed by atoms with E-state index in [-0.39, 0.29) is 17.9 Å². The van der Waals surface area contributed by atoms with Gasteiger partial charge < -0.3 is 4.74 Å². The average molecular weight is 395 g/mol. The molecule has 0 aliphatic carbocycles. The Morgan fingerprint density at radius 2 is 2.04 bits per heavy atom. The number of fused-ring (bicyclic) bond motifs is 1. The number of aryl methyl sites for hydroxylation is 2. The Morgan fingerprint density at radius 3 is 2.75 bits per heavy atom. The van der Waals surface area contributed by atoms with Crippen LogP contribution in [-0.2, 0) is 24.9 Å². The highest BCUT2D eigenvalue weighted by Crippen LogP contribution is 2.23. The van der Waals surface area contributed by atoms with Crippen LogP contribution in [0.4, 0.5) is 0 Å². The summed E-state index contributed by atoms with van der Waals surface area (Å²) in [6.45, 7) is 2.19. The molecular formula is C19H17N5O3S. The number of carbonyl (C=O) groups excluding carboxylic acids is 1. The summed E-state index contributed by atoms with van der Waals surface area (Å²) in [5.41, 5.74) is 1.45. The fourth-order valence-corrected chi connectivity index (χ4v) is 3.63. The first-order chi connectivity index (χ1) is 13.6. The first-order valence-corrected chi connectivity index (χ1v) is 9.55. The monoisotopic (exact) mass is 395 g/mol. The molecule has 4 rings (SSSR count). The fraction of sp³-hybridized carbons (Fsp3) is 0.211. The zero-order valence-corrected chi connectivity index (χ0v) is 16.1. The molecule has 8 nitrogen and oxygen atoms in total. The van der Waals surface area contributed by atoms with Gasteiger partial charge in [-0.3, -0.25) is 9.48 Å². The first kappa shape index (κ1) is 18.1. The van der Waals surface area contributed by atoms with E-state index in [0.29, 0.717) is 23.0 Å². The molecule has 9 heteroatoms. The molecule has 0 saturated carbocycles. The number of esters is 1. The zero-order valence-electron chi connectivity index (χ0n) is 15.3. The Hall–Kier alpha value is -3.33. The number of benzene rings is 1. The van der Waals surface area contributed by atoms with Gasteiger partial charge in [-0.05, 0) is 13.0 Å². The van der Waals surface area contributed by atoms with Crippen LogP contribution in [-0.4, -0.2) is 30.5 Å². The quantitative estimate of drug-likeness (QED) is 0.483. The van der Waals surface area contributed by atoms with E-state index < -0.39 is 5.97 Å². The van der Waals surface area contributed by atoms with Gasteiger partial charge in [-0.2, -0.15) is 10.2 Å². The Morgan fingerprint density at radius 1 is 1.25 bits per heavy atom. The molecule has 28 heavy (non-hydrogen) atoms. The van der Waals surface area contributed by atoms with Crippen molar-refractivity contribution in [2.45, 2.75) is 20.1 Å². The highest BCUT2D eigenvalue weighted by molar-refractivity contribution is 7.13. The van der Waals surface area contributed by atoms with Crippen molar-refractivity contribution in [2.75, 3.05) is 0 Å². The Labute approximate surface area is 164 Å². The molecule has 0 atom stereocenters. The molecular weight excluding hydrogens is 378 g/mol. The van der Waals surface area contributed by atoms with Crippen LogP contribution in [0.25, 0.3) is 21.3 Å². The molecule has 0 N–H and O–H groups in total. The lowest BCUT2D eigenvalue weighted by molar-refractivity contribution is 0.0461. The lowest BCUT2D eigenvalue weighted by Crippen LogP contribution is -2.25. The van der Waals surface area contributed by atoms with Crippen molar-refractivity contribution in [3.8, 4) is 10.6 Å². The van der Waals surface area contributed by atoms with Gasteiger partial charge in [-0.25, -0.2) is 14.5 Å². The van der Waals surface area contributed by atoms with Crippen LogP contribution in [0.3, 0.4) is 0 Å². The molecule has 0 saturated heterocycles. The van der Waals surface area contributed by atoms with Crippen molar-refractivity contribution >= 4 is 28.1 Å². The predicted molar refractivity (Wildman–Crippen MR) is 105 cm³/mol. The van der Waals surface area contributed by atoms with Crippen LogP contribution in [0.1, 0.15) is 23.1 Å². The minimum atomic E-state index is -0.589. The van der Waals surface area contributed by atoms with E-state index >= 15 is 0 Å². The van der Waals surface area contributed by atoms with Crippen molar-refractivity contribution in [3.63, 3.8) is 0 Å². The molecule has 0 fully saturated rings. The van der Waals surface area contributed by atoms with Crippen LogP contribution >= 0.6 is 11.3 Å². The average Bonchev–Trinajstić information content (AvgIpc) is 3.35. The summed E-state index contributed by atoms with van der Waals surface area (Å²) in [5.74, 6) is -0.589. The summed E-state index contributed by atoms with van der Waals surface area (Å²) in [4.78, 5) is 29.5. The SMILES string of the molecule is CCn1nc(C(=O)OCc2csc(-c3cnn(C)c3)n2)c2ccccc2c1=O. The van der Waals surface area contributed by atoms with Gasteiger partial charge in [0.05, 0.1) is 17.3 Å². The second kappa shape index (κ2) is 7.35. The van der Waals surface area contributed by atoms with Crippen molar-refractivity contribution in [1.82, 2.24) is 24.5 Å². The third kappa shape index (κ3) is 3.31. The third-order valence-electron chi connectivity index (χ3n) is 4.22. The van der Waals surface area contributed by atoms with E-state index in [9.17, 15) is 9.59 Å². The number of rotatable bonds is 5. The van der Waals surface area contributed by atoms with Crippen molar-refractivity contribution in [2.24, 2.45) is 7.05 Å². The minimum absolute atomic E-state index is 0.0247. The maximum atomic E-state index is 12.7. The summed E-state index contributed by atoms with van der Waals surface area (Å²) in [6.07, 6.45) is 3.61. The van der Waals surface area contributed by atoms with Crippen LogP contribution in [0.15, 0.2) is 46.8 Å². The van der Waals surface area contributed by atoms with Crippen molar-refractivity contribution in [3.05, 3.63) is 63.8 Å². The molecule has 0 amide bonds. The molecule has 3 aromatic heterocycles. The molecule has 0 aliphatic heterocycles. The van der Waals surface area contributed by atoms with Crippen molar-refractivity contribution in [1.29, 1.82) is 0 Å². The predicted octanol–water partition coefficient (Wildman–Crippen LogP) is 2.63. The number of ether oxygens (including phenoxy) is 1. The van der Waals surface area contributed by atoms with E-state index in [4.69, 9.17) is 4.74 Å². The second-order valence-electron chi connectivity index (χ2n) is 6.14. The van der Waals surface area contributed by atoms with Gasteiger partial charge in [0.1, 0.15) is 11.6 Å². The number of hydrogen-bond acceptors (Lipinski definition) is 7. The summed E-state index contributed by atoms with van der Waals surface area (Å²) in [6, 6.07) is 6.90. The molecule has 0 radical (unpaired) electrons. The normalized spacial score (nSPS) is 11.1. The standard InChI is InChI=1S/C19H17N5O3S/c1-3-24-18(25)15-7-5-4-6-14(15)16(22-24)19(26)27-10-13-11-28-17(21-13)12-8-20-23(2)9-12/h4-9,11H,3,10H2,1-2H3. The van der Waals surface area contributed by atoms with E-state index in [0.717, 1.165) is 10.6 Å². The molecule has 0 unspecified atom stereocenters. The molecule has 142 valence electrons. The highest BCUT2D eigenvalue weighted by atomic mass is 32.1. The second-order valence-corrected chi connectivity index (χ2v) is 7.00. The van der Waals surface area contributed by atoms with Crippen LogP contribution < -0.4 is 5.56 Å². The Balaban J connectivity index is 1.57. The Bertz CT molecular complexity index is 1220. The number of aromatic nitrogens is 5. The van der Waals surface area contributed by atoms with E-state index in [1.807, 2.05) is 18.6 Å². The summed E-state index contributed by atoms with van der Waals surface area (Å²) in [7, 11) is 1.84. The zero-order chi connectivity index (χ0) is 19.7. The summed E-state index contributed by atoms with van der Waals surface area (Å²) >= 11 is 1.46. The minimum Gasteiger partial charge on any atom is -0.454 e. The summed E-state index contributed by atoms with van der Waals surface area (Å²) in [5, 5.41) is 11.9. The van der Waals surface area contributed by atoms with E-state index in [2.05, 4.69) is 15.2 Å². The van der Waals surface area contributed by atoms with Crippen LogP contribution in [0, 0.1) is 0 Å². The van der Waals surface area contributed by atoms with Crippen molar-refractivity contribution < 1.29 is 9.53 Å². The Kier molecular flexibility index (Phi) is 4.74. The lowest BCUT2D eigenvalue weighted by atomic mass is 10.1. The highest BCUT2D eigenvalue weighted by Gasteiger charge is 2.18. The van der Waals surface area contributed by atoms with Gasteiger partial charge in [0.15, 0.2) is 5.69 Å². The smallest absolute Gasteiger partial charge is 0.359 e. The van der Waals surface area contributed by atoms with E-state index in [1.165, 1.54) is 16.0 Å². The maximum Gasteiger partial charge on any atom is 0.359 e. The molecule has 3 heterocycles. The van der Waals surface area contributed by atoms with Gasteiger partial charge in [0.25, 0.3) is 5.56 Å². The molecule has 4 aromatic rings. The van der Waals surface area contributed by atoms with Gasteiger partial charge in [-0.1, -0.05) is 18.2 Å². The molecule has 0 aliphatic rings. The number of hydrogen-bond donors (Lipinski definition) is 0. The van der Waals surface area contributed by atoms with Gasteiger partial charge in [0, 0.05) is 36.1 Å². The number of carbonyl (C=O) groups is 1. The lowest BCUT2D eigenvalue weighted by Gasteiger charge is -2.09. The number of nitrogens with zero attached hydrogens (tertiary/aromatic N) is 5. The number of thiazole rings is 1. The topological polar surface area (TPSA) is 91.9 Å². The van der Waals surface area contributed by atoms with Crippen LogP contribution in [0.2, 0.25) is 0 Å². The third-order valence-corrected chi connectivity index (χ3v) is 5.16.